The predicted octanol–water partition coefficient (Wildman–Crippen LogP) is 3.48. The third-order valence-corrected chi connectivity index (χ3v) is 5.09. The molecule has 0 aromatic heterocycles. The van der Waals surface area contributed by atoms with E-state index in [1.165, 1.54) is 16.7 Å². The molecule has 0 saturated carbocycles. The van der Waals surface area contributed by atoms with Gasteiger partial charge in [0.15, 0.2) is 5.96 Å². The van der Waals surface area contributed by atoms with Crippen LogP contribution in [-0.2, 0) is 19.4 Å². The predicted molar refractivity (Wildman–Crippen MR) is 138 cm³/mol. The summed E-state index contributed by atoms with van der Waals surface area (Å²) in [6, 6.07) is 14.7. The second-order valence-electron chi connectivity index (χ2n) is 7.79. The van der Waals surface area contributed by atoms with Crippen LogP contribution in [0, 0.1) is 0 Å². The monoisotopic (exact) mass is 538 g/mol. The van der Waals surface area contributed by atoms with E-state index in [9.17, 15) is 0 Å². The Kier molecular flexibility index (Phi) is 10.9. The average Bonchev–Trinajstić information content (AvgIpc) is 3.22. The molecular formula is C24H35IN4O2. The number of guanidine groups is 1. The second kappa shape index (κ2) is 13.4. The van der Waals surface area contributed by atoms with E-state index in [1.54, 1.807) is 7.05 Å². The highest BCUT2D eigenvalue weighted by Crippen LogP contribution is 2.25. The summed E-state index contributed by atoms with van der Waals surface area (Å²) in [5.74, 6) is 2.76. The Labute approximate surface area is 203 Å². The average molecular weight is 538 g/mol. The highest BCUT2D eigenvalue weighted by atomic mass is 127. The lowest BCUT2D eigenvalue weighted by molar-refractivity contribution is 0.281. The van der Waals surface area contributed by atoms with Gasteiger partial charge in [0.2, 0.25) is 0 Å². The Hall–Kier alpha value is -2.00. The van der Waals surface area contributed by atoms with Gasteiger partial charge in [-0.3, -0.25) is 4.99 Å². The van der Waals surface area contributed by atoms with E-state index in [0.717, 1.165) is 69.6 Å². The van der Waals surface area contributed by atoms with Gasteiger partial charge < -0.3 is 25.0 Å². The van der Waals surface area contributed by atoms with E-state index in [4.69, 9.17) is 9.47 Å². The molecule has 1 heterocycles. The van der Waals surface area contributed by atoms with Crippen molar-refractivity contribution in [3.8, 4) is 11.5 Å². The summed E-state index contributed by atoms with van der Waals surface area (Å²) in [6.07, 6.45) is 2.99. The van der Waals surface area contributed by atoms with Gasteiger partial charge in [0.25, 0.3) is 0 Å². The van der Waals surface area contributed by atoms with Crippen LogP contribution in [-0.4, -0.2) is 58.3 Å². The molecule has 7 heteroatoms. The van der Waals surface area contributed by atoms with Gasteiger partial charge in [-0.05, 0) is 61.8 Å². The molecule has 0 amide bonds. The number of hydrogen-bond acceptors (Lipinski definition) is 4. The van der Waals surface area contributed by atoms with Crippen molar-refractivity contribution < 1.29 is 9.47 Å². The van der Waals surface area contributed by atoms with Crippen molar-refractivity contribution in [2.75, 3.05) is 47.4 Å². The van der Waals surface area contributed by atoms with Gasteiger partial charge in [-0.25, -0.2) is 0 Å². The van der Waals surface area contributed by atoms with Crippen molar-refractivity contribution in [3.05, 3.63) is 59.2 Å². The first-order valence-electron chi connectivity index (χ1n) is 10.7. The van der Waals surface area contributed by atoms with E-state index in [-0.39, 0.29) is 24.0 Å². The lowest BCUT2D eigenvalue weighted by Gasteiger charge is -2.13. The van der Waals surface area contributed by atoms with Crippen LogP contribution in [0.1, 0.15) is 23.1 Å². The number of fused-ring (bicyclic) bond motifs is 1. The highest BCUT2D eigenvalue weighted by molar-refractivity contribution is 14.0. The second-order valence-corrected chi connectivity index (χ2v) is 7.79. The molecule has 6 nitrogen and oxygen atoms in total. The molecule has 0 atom stereocenters. The zero-order chi connectivity index (χ0) is 21.2. The molecule has 0 fully saturated rings. The number of benzene rings is 2. The molecular weight excluding hydrogens is 503 g/mol. The maximum absolute atomic E-state index is 5.79. The van der Waals surface area contributed by atoms with Crippen LogP contribution in [0.5, 0.6) is 11.5 Å². The molecule has 2 N–H and O–H groups in total. The summed E-state index contributed by atoms with van der Waals surface area (Å²) in [5.41, 5.74) is 3.83. The standard InChI is InChI=1S/C24H34N4O2.HI/c1-25-24(26-13-11-19-7-10-23-21(17-19)12-16-30-23)27-18-20-5-8-22(9-6-20)29-15-4-14-28(2)3;/h5-10,17H,4,11-16,18H2,1-3H3,(H2,25,26,27);1H. The van der Waals surface area contributed by atoms with Crippen molar-refractivity contribution in [3.63, 3.8) is 0 Å². The number of aliphatic imine (C=N–C) groups is 1. The van der Waals surface area contributed by atoms with Crippen molar-refractivity contribution >= 4 is 29.9 Å². The SMILES string of the molecule is CN=C(NCCc1ccc2c(c1)CCO2)NCc1ccc(OCCCN(C)C)cc1.I. The first kappa shape index (κ1) is 25.3. The van der Waals surface area contributed by atoms with E-state index in [1.807, 2.05) is 12.1 Å². The van der Waals surface area contributed by atoms with Crippen LogP contribution >= 0.6 is 24.0 Å². The first-order chi connectivity index (χ1) is 14.6. The minimum atomic E-state index is 0. The van der Waals surface area contributed by atoms with Gasteiger partial charge >= 0.3 is 0 Å². The van der Waals surface area contributed by atoms with Crippen molar-refractivity contribution in [1.29, 1.82) is 0 Å². The molecule has 0 spiro atoms. The van der Waals surface area contributed by atoms with Crippen LogP contribution in [0.15, 0.2) is 47.5 Å². The van der Waals surface area contributed by atoms with Gasteiger partial charge in [-0.15, -0.1) is 24.0 Å². The third kappa shape index (κ3) is 8.57. The van der Waals surface area contributed by atoms with Crippen molar-refractivity contribution in [2.24, 2.45) is 4.99 Å². The van der Waals surface area contributed by atoms with Crippen LogP contribution in [0.3, 0.4) is 0 Å². The Morgan fingerprint density at radius 3 is 2.61 bits per heavy atom. The summed E-state index contributed by atoms with van der Waals surface area (Å²) in [7, 11) is 5.95. The molecule has 2 aromatic rings. The molecule has 1 aliphatic heterocycles. The lowest BCUT2D eigenvalue weighted by atomic mass is 10.1. The van der Waals surface area contributed by atoms with Crippen molar-refractivity contribution in [1.82, 2.24) is 15.5 Å². The molecule has 170 valence electrons. The van der Waals surface area contributed by atoms with Gasteiger partial charge in [-0.1, -0.05) is 24.3 Å². The summed E-state index contributed by atoms with van der Waals surface area (Å²) < 4.78 is 11.4. The summed E-state index contributed by atoms with van der Waals surface area (Å²) in [5, 5.41) is 6.76. The minimum Gasteiger partial charge on any atom is -0.494 e. The molecule has 31 heavy (non-hydrogen) atoms. The van der Waals surface area contributed by atoms with Gasteiger partial charge in [0, 0.05) is 33.1 Å². The molecule has 2 aromatic carbocycles. The number of hydrogen-bond donors (Lipinski definition) is 2. The molecule has 0 saturated heterocycles. The van der Waals surface area contributed by atoms with Crippen LogP contribution in [0.25, 0.3) is 0 Å². The van der Waals surface area contributed by atoms with Crippen LogP contribution in [0.4, 0.5) is 0 Å². The summed E-state index contributed by atoms with van der Waals surface area (Å²) in [4.78, 5) is 6.49. The number of rotatable bonds is 10. The molecule has 0 unspecified atom stereocenters. The van der Waals surface area contributed by atoms with E-state index < -0.39 is 0 Å². The van der Waals surface area contributed by atoms with E-state index in [2.05, 4.69) is 65.0 Å². The molecule has 0 radical (unpaired) electrons. The van der Waals surface area contributed by atoms with Gasteiger partial charge in [0.1, 0.15) is 11.5 Å². The zero-order valence-corrected chi connectivity index (χ0v) is 21.1. The Balaban J connectivity index is 0.00000341. The Morgan fingerprint density at radius 1 is 1.10 bits per heavy atom. The number of halogens is 1. The topological polar surface area (TPSA) is 58.1 Å². The summed E-state index contributed by atoms with van der Waals surface area (Å²) >= 11 is 0. The molecule has 0 bridgehead atoms. The smallest absolute Gasteiger partial charge is 0.191 e. The maximum Gasteiger partial charge on any atom is 0.191 e. The zero-order valence-electron chi connectivity index (χ0n) is 18.8. The minimum absolute atomic E-state index is 0. The highest BCUT2D eigenvalue weighted by Gasteiger charge is 2.11. The molecule has 0 aliphatic carbocycles. The van der Waals surface area contributed by atoms with Gasteiger partial charge in [-0.2, -0.15) is 0 Å². The Morgan fingerprint density at radius 2 is 1.87 bits per heavy atom. The fraction of sp³-hybridized carbons (Fsp3) is 0.458. The van der Waals surface area contributed by atoms with E-state index >= 15 is 0 Å². The number of ether oxygens (including phenoxy) is 2. The molecule has 3 rings (SSSR count). The Bertz CT molecular complexity index is 825. The number of nitrogens with zero attached hydrogens (tertiary/aromatic N) is 2. The number of nitrogens with one attached hydrogen (secondary N) is 2. The van der Waals surface area contributed by atoms with Crippen molar-refractivity contribution in [2.45, 2.75) is 25.8 Å². The fourth-order valence-corrected chi connectivity index (χ4v) is 3.40. The maximum atomic E-state index is 5.79. The largest absolute Gasteiger partial charge is 0.494 e. The summed E-state index contributed by atoms with van der Waals surface area (Å²) in [6.45, 7) is 4.13. The van der Waals surface area contributed by atoms with Gasteiger partial charge in [0.05, 0.1) is 13.2 Å². The third-order valence-electron chi connectivity index (χ3n) is 5.09. The lowest BCUT2D eigenvalue weighted by Crippen LogP contribution is -2.37. The fourth-order valence-electron chi connectivity index (χ4n) is 3.40. The van der Waals surface area contributed by atoms with Crippen LogP contribution in [0.2, 0.25) is 0 Å². The van der Waals surface area contributed by atoms with Crippen LogP contribution < -0.4 is 20.1 Å². The first-order valence-corrected chi connectivity index (χ1v) is 10.7. The molecule has 1 aliphatic rings. The normalized spacial score (nSPS) is 12.7. The quantitative estimate of drug-likeness (QED) is 0.210. The van der Waals surface area contributed by atoms with E-state index in [0.29, 0.717) is 0 Å².